The Hall–Kier alpha value is -3.33. The van der Waals surface area contributed by atoms with Crippen molar-refractivity contribution in [3.8, 4) is 23.0 Å². The molecule has 2 rings (SSSR count). The van der Waals surface area contributed by atoms with Crippen molar-refractivity contribution < 1.29 is 18.9 Å². The van der Waals surface area contributed by atoms with Gasteiger partial charge in [-0.25, -0.2) is 0 Å². The van der Waals surface area contributed by atoms with Crippen molar-refractivity contribution in [2.24, 2.45) is 10.2 Å². The van der Waals surface area contributed by atoms with Crippen LogP contribution in [0.1, 0.15) is 25.0 Å². The van der Waals surface area contributed by atoms with Gasteiger partial charge in [0.1, 0.15) is 0 Å². The quantitative estimate of drug-likeness (QED) is 0.340. The number of ether oxygens (including phenoxy) is 4. The van der Waals surface area contributed by atoms with Crippen LogP contribution in [0.5, 0.6) is 23.0 Å². The summed E-state index contributed by atoms with van der Waals surface area (Å²) >= 11 is 5.15. The Kier molecular flexibility index (Phi) is 9.39. The van der Waals surface area contributed by atoms with Gasteiger partial charge in [0.05, 0.1) is 39.9 Å². The van der Waals surface area contributed by atoms with Gasteiger partial charge in [-0.3, -0.25) is 10.9 Å². The maximum atomic E-state index is 5.49. The first-order chi connectivity index (χ1) is 14.6. The van der Waals surface area contributed by atoms with E-state index in [0.29, 0.717) is 36.2 Å². The van der Waals surface area contributed by atoms with Crippen molar-refractivity contribution in [3.05, 3.63) is 47.5 Å². The van der Waals surface area contributed by atoms with Gasteiger partial charge in [0.2, 0.25) is 5.11 Å². The number of benzene rings is 2. The highest BCUT2D eigenvalue weighted by atomic mass is 32.1. The lowest BCUT2D eigenvalue weighted by Gasteiger charge is -2.09. The van der Waals surface area contributed by atoms with E-state index in [1.54, 1.807) is 26.6 Å². The normalized spacial score (nSPS) is 10.8. The van der Waals surface area contributed by atoms with Crippen molar-refractivity contribution in [2.75, 3.05) is 27.4 Å². The van der Waals surface area contributed by atoms with Crippen LogP contribution in [-0.2, 0) is 0 Å². The predicted molar refractivity (Wildman–Crippen MR) is 122 cm³/mol. The molecular weight excluding hydrogens is 404 g/mol. The lowest BCUT2D eigenvalue weighted by molar-refractivity contribution is 0.311. The lowest BCUT2D eigenvalue weighted by atomic mass is 10.2. The molecule has 0 aliphatic carbocycles. The van der Waals surface area contributed by atoms with Gasteiger partial charge in [-0.1, -0.05) is 0 Å². The minimum Gasteiger partial charge on any atom is -0.493 e. The zero-order chi connectivity index (χ0) is 21.8. The van der Waals surface area contributed by atoms with Crippen LogP contribution in [0.2, 0.25) is 0 Å². The standard InChI is InChI=1S/C21H26N4O4S/c1-5-28-17-9-7-15(11-19(17)26-3)13-22-24-21(30)25-23-14-16-8-10-18(29-6-2)20(12-16)27-4/h7-14H,5-6H2,1-4H3,(H2,24,25,30). The number of thiocarbonyl (C=S) groups is 1. The van der Waals surface area contributed by atoms with E-state index >= 15 is 0 Å². The van der Waals surface area contributed by atoms with Crippen LogP contribution < -0.4 is 29.8 Å². The highest BCUT2D eigenvalue weighted by molar-refractivity contribution is 7.80. The van der Waals surface area contributed by atoms with Crippen LogP contribution in [0.25, 0.3) is 0 Å². The number of hydrogen-bond donors (Lipinski definition) is 2. The van der Waals surface area contributed by atoms with Crippen LogP contribution in [-0.4, -0.2) is 45.0 Å². The van der Waals surface area contributed by atoms with Crippen LogP contribution >= 0.6 is 12.2 Å². The fraction of sp³-hybridized carbons (Fsp3) is 0.286. The summed E-state index contributed by atoms with van der Waals surface area (Å²) in [7, 11) is 3.18. The highest BCUT2D eigenvalue weighted by Gasteiger charge is 2.05. The van der Waals surface area contributed by atoms with E-state index in [1.165, 1.54) is 0 Å². The van der Waals surface area contributed by atoms with Gasteiger partial charge in [0.15, 0.2) is 23.0 Å². The van der Waals surface area contributed by atoms with E-state index in [2.05, 4.69) is 21.1 Å². The molecule has 0 saturated heterocycles. The fourth-order valence-corrected chi connectivity index (χ4v) is 2.54. The summed E-state index contributed by atoms with van der Waals surface area (Å²) in [4.78, 5) is 0. The van der Waals surface area contributed by atoms with Crippen LogP contribution in [0.3, 0.4) is 0 Å². The molecule has 0 unspecified atom stereocenters. The molecule has 0 fully saturated rings. The highest BCUT2D eigenvalue weighted by Crippen LogP contribution is 2.28. The van der Waals surface area contributed by atoms with Gasteiger partial charge >= 0.3 is 0 Å². The molecule has 0 atom stereocenters. The SMILES string of the molecule is CCOc1ccc(C=NNC(=S)NN=Cc2ccc(OCC)c(OC)c2)cc1OC. The van der Waals surface area contributed by atoms with Crippen LogP contribution in [0.15, 0.2) is 46.6 Å². The molecule has 0 amide bonds. The molecule has 0 bridgehead atoms. The Morgan fingerprint density at radius 3 is 1.60 bits per heavy atom. The molecule has 0 aliphatic heterocycles. The third kappa shape index (κ3) is 6.93. The Morgan fingerprint density at radius 1 is 0.800 bits per heavy atom. The molecule has 0 saturated carbocycles. The first-order valence-corrected chi connectivity index (χ1v) is 9.75. The second kappa shape index (κ2) is 12.3. The smallest absolute Gasteiger partial charge is 0.207 e. The van der Waals surface area contributed by atoms with E-state index in [-0.39, 0.29) is 5.11 Å². The molecule has 0 radical (unpaired) electrons. The van der Waals surface area contributed by atoms with E-state index in [1.807, 2.05) is 50.2 Å². The molecule has 0 aliphatic rings. The number of nitrogens with zero attached hydrogens (tertiary/aromatic N) is 2. The number of nitrogens with one attached hydrogen (secondary N) is 2. The molecule has 0 heterocycles. The zero-order valence-corrected chi connectivity index (χ0v) is 18.3. The molecule has 2 N–H and O–H groups in total. The maximum Gasteiger partial charge on any atom is 0.207 e. The molecular formula is C21H26N4O4S. The van der Waals surface area contributed by atoms with E-state index in [0.717, 1.165) is 11.1 Å². The molecule has 160 valence electrons. The molecule has 9 heteroatoms. The van der Waals surface area contributed by atoms with Crippen LogP contribution in [0.4, 0.5) is 0 Å². The summed E-state index contributed by atoms with van der Waals surface area (Å²) in [6, 6.07) is 11.0. The molecule has 0 aromatic heterocycles. The molecule has 8 nitrogen and oxygen atoms in total. The van der Waals surface area contributed by atoms with E-state index in [4.69, 9.17) is 31.2 Å². The first kappa shape index (κ1) is 23.0. The van der Waals surface area contributed by atoms with E-state index in [9.17, 15) is 0 Å². The third-order valence-electron chi connectivity index (χ3n) is 3.73. The van der Waals surface area contributed by atoms with Crippen molar-refractivity contribution in [2.45, 2.75) is 13.8 Å². The first-order valence-electron chi connectivity index (χ1n) is 9.35. The second-order valence-corrected chi connectivity index (χ2v) is 6.16. The molecule has 0 spiro atoms. The maximum absolute atomic E-state index is 5.49. The number of hydrazone groups is 2. The number of hydrogen-bond acceptors (Lipinski definition) is 7. The zero-order valence-electron chi connectivity index (χ0n) is 17.5. The summed E-state index contributed by atoms with van der Waals surface area (Å²) in [5.74, 6) is 2.64. The van der Waals surface area contributed by atoms with Crippen molar-refractivity contribution in [3.63, 3.8) is 0 Å². The summed E-state index contributed by atoms with van der Waals surface area (Å²) < 4.78 is 21.6. The Labute approximate surface area is 181 Å². The summed E-state index contributed by atoms with van der Waals surface area (Å²) in [5.41, 5.74) is 7.06. The molecule has 30 heavy (non-hydrogen) atoms. The fourth-order valence-electron chi connectivity index (χ4n) is 2.43. The Bertz CT molecular complexity index is 831. The minimum absolute atomic E-state index is 0.248. The monoisotopic (exact) mass is 430 g/mol. The lowest BCUT2D eigenvalue weighted by Crippen LogP contribution is -2.28. The average molecular weight is 431 g/mol. The van der Waals surface area contributed by atoms with Crippen molar-refractivity contribution in [1.82, 2.24) is 10.9 Å². The van der Waals surface area contributed by atoms with Gasteiger partial charge in [-0.15, -0.1) is 0 Å². The van der Waals surface area contributed by atoms with Gasteiger partial charge in [-0.2, -0.15) is 10.2 Å². The topological polar surface area (TPSA) is 85.7 Å². The van der Waals surface area contributed by atoms with Crippen molar-refractivity contribution in [1.29, 1.82) is 0 Å². The molecule has 2 aromatic carbocycles. The minimum atomic E-state index is 0.248. The molecule has 2 aromatic rings. The van der Waals surface area contributed by atoms with Crippen molar-refractivity contribution >= 4 is 29.8 Å². The average Bonchev–Trinajstić information content (AvgIpc) is 2.76. The number of methoxy groups -OCH3 is 2. The van der Waals surface area contributed by atoms with Crippen LogP contribution in [0, 0.1) is 0 Å². The third-order valence-corrected chi connectivity index (χ3v) is 3.92. The summed E-state index contributed by atoms with van der Waals surface area (Å²) in [5, 5.41) is 8.43. The van der Waals surface area contributed by atoms with Gasteiger partial charge in [0.25, 0.3) is 0 Å². The Balaban J connectivity index is 1.89. The van der Waals surface area contributed by atoms with Gasteiger partial charge in [-0.05, 0) is 73.6 Å². The second-order valence-electron chi connectivity index (χ2n) is 5.76. The summed E-state index contributed by atoms with van der Waals surface area (Å²) in [6.07, 6.45) is 3.24. The summed E-state index contributed by atoms with van der Waals surface area (Å²) in [6.45, 7) is 4.97. The number of rotatable bonds is 10. The van der Waals surface area contributed by atoms with Gasteiger partial charge in [0, 0.05) is 0 Å². The van der Waals surface area contributed by atoms with Gasteiger partial charge < -0.3 is 18.9 Å². The largest absolute Gasteiger partial charge is 0.493 e. The van der Waals surface area contributed by atoms with E-state index < -0.39 is 0 Å². The predicted octanol–water partition coefficient (Wildman–Crippen LogP) is 3.33. The Morgan fingerprint density at radius 2 is 1.23 bits per heavy atom.